The first-order valence-corrected chi connectivity index (χ1v) is 6.58. The van der Waals surface area contributed by atoms with Crippen molar-refractivity contribution in [1.82, 2.24) is 9.36 Å². The number of thioether (sulfide) groups is 1. The van der Waals surface area contributed by atoms with Gasteiger partial charge in [0.05, 0.1) is 10.8 Å². The Balaban J connectivity index is 2.01. The third-order valence-corrected chi connectivity index (χ3v) is 3.97. The smallest absolute Gasteiger partial charge is 0.174 e. The van der Waals surface area contributed by atoms with E-state index in [0.29, 0.717) is 16.3 Å². The Morgan fingerprint density at radius 2 is 2.25 bits per heavy atom. The molecule has 0 amide bonds. The predicted octanol–water partition coefficient (Wildman–Crippen LogP) is 3.17. The van der Waals surface area contributed by atoms with E-state index in [1.54, 1.807) is 24.3 Å². The molecule has 0 saturated carbocycles. The Labute approximate surface area is 106 Å². The number of carbonyl (C=O) groups excluding carboxylic acids is 1. The lowest BCUT2D eigenvalue weighted by molar-refractivity contribution is 0.102. The van der Waals surface area contributed by atoms with Crippen LogP contribution in [0, 0.1) is 0 Å². The first-order chi connectivity index (χ1) is 7.77. The lowest BCUT2D eigenvalue weighted by Gasteiger charge is -2.01. The fraction of sp³-hybridized carbons (Fsp3) is 0.100. The van der Waals surface area contributed by atoms with Gasteiger partial charge in [-0.2, -0.15) is 4.37 Å². The number of rotatable bonds is 4. The molecule has 0 unspecified atom stereocenters. The summed E-state index contributed by atoms with van der Waals surface area (Å²) in [5.41, 5.74) is 0.557. The highest BCUT2D eigenvalue weighted by molar-refractivity contribution is 8.01. The predicted molar refractivity (Wildman–Crippen MR) is 66.4 cm³/mol. The van der Waals surface area contributed by atoms with Crippen molar-refractivity contribution >= 4 is 40.7 Å². The maximum atomic E-state index is 11.8. The summed E-state index contributed by atoms with van der Waals surface area (Å²) < 4.78 is 4.65. The number of carbonyl (C=O) groups is 1. The van der Waals surface area contributed by atoms with Gasteiger partial charge in [0.15, 0.2) is 10.1 Å². The quantitative estimate of drug-likeness (QED) is 0.632. The van der Waals surface area contributed by atoms with Crippen LogP contribution in [-0.4, -0.2) is 20.9 Å². The SMILES string of the molecule is O=C(CSc1ncns1)c1ccccc1Cl. The topological polar surface area (TPSA) is 42.9 Å². The van der Waals surface area contributed by atoms with E-state index in [4.69, 9.17) is 11.6 Å². The van der Waals surface area contributed by atoms with Crippen LogP contribution in [0.25, 0.3) is 0 Å². The zero-order valence-electron chi connectivity index (χ0n) is 8.09. The number of halogens is 1. The molecule has 1 aromatic carbocycles. The average molecular weight is 271 g/mol. The summed E-state index contributed by atoms with van der Waals surface area (Å²) in [7, 11) is 0. The van der Waals surface area contributed by atoms with Gasteiger partial charge < -0.3 is 0 Å². The van der Waals surface area contributed by atoms with Crippen molar-refractivity contribution in [3.8, 4) is 0 Å². The fourth-order valence-corrected chi connectivity index (χ4v) is 2.69. The molecule has 2 aromatic rings. The summed E-state index contributed by atoms with van der Waals surface area (Å²) >= 11 is 8.58. The van der Waals surface area contributed by atoms with Gasteiger partial charge in [-0.25, -0.2) is 4.98 Å². The van der Waals surface area contributed by atoms with Crippen LogP contribution in [0.15, 0.2) is 34.9 Å². The Morgan fingerprint density at radius 1 is 1.44 bits per heavy atom. The Hall–Kier alpha value is -0.910. The summed E-state index contributed by atoms with van der Waals surface area (Å²) in [5, 5.41) is 0.491. The number of aromatic nitrogens is 2. The highest BCUT2D eigenvalue weighted by atomic mass is 35.5. The van der Waals surface area contributed by atoms with Crippen molar-refractivity contribution < 1.29 is 4.79 Å². The zero-order chi connectivity index (χ0) is 11.4. The molecule has 2 rings (SSSR count). The van der Waals surface area contributed by atoms with Crippen LogP contribution in [0.3, 0.4) is 0 Å². The molecule has 0 fully saturated rings. The van der Waals surface area contributed by atoms with E-state index in [9.17, 15) is 4.79 Å². The Morgan fingerprint density at radius 3 is 2.94 bits per heavy atom. The van der Waals surface area contributed by atoms with Crippen LogP contribution in [0.1, 0.15) is 10.4 Å². The molecular formula is C10H7ClN2OS2. The first kappa shape index (κ1) is 11.6. The van der Waals surface area contributed by atoms with Crippen molar-refractivity contribution in [3.63, 3.8) is 0 Å². The number of benzene rings is 1. The second kappa shape index (κ2) is 5.43. The van der Waals surface area contributed by atoms with Gasteiger partial charge in [0.2, 0.25) is 0 Å². The lowest BCUT2D eigenvalue weighted by atomic mass is 10.1. The lowest BCUT2D eigenvalue weighted by Crippen LogP contribution is -2.02. The van der Waals surface area contributed by atoms with E-state index in [-0.39, 0.29) is 5.78 Å². The average Bonchev–Trinajstić information content (AvgIpc) is 2.79. The van der Waals surface area contributed by atoms with Crippen LogP contribution in [-0.2, 0) is 0 Å². The highest BCUT2D eigenvalue weighted by Gasteiger charge is 2.10. The normalized spacial score (nSPS) is 10.3. The minimum absolute atomic E-state index is 0.00537. The Kier molecular flexibility index (Phi) is 3.93. The summed E-state index contributed by atoms with van der Waals surface area (Å²) in [4.78, 5) is 15.8. The van der Waals surface area contributed by atoms with Crippen molar-refractivity contribution in [2.24, 2.45) is 0 Å². The molecule has 0 spiro atoms. The van der Waals surface area contributed by atoms with Crippen LogP contribution >= 0.6 is 34.9 Å². The first-order valence-electron chi connectivity index (χ1n) is 4.44. The molecule has 0 saturated heterocycles. The Bertz CT molecular complexity index is 487. The number of nitrogens with zero attached hydrogens (tertiary/aromatic N) is 2. The van der Waals surface area contributed by atoms with Gasteiger partial charge in [0.25, 0.3) is 0 Å². The molecule has 0 bridgehead atoms. The molecule has 0 aliphatic carbocycles. The van der Waals surface area contributed by atoms with E-state index in [0.717, 1.165) is 4.34 Å². The molecule has 1 aromatic heterocycles. The summed E-state index contributed by atoms with van der Waals surface area (Å²) in [5.74, 6) is 0.338. The van der Waals surface area contributed by atoms with Gasteiger partial charge in [0, 0.05) is 5.56 Å². The van der Waals surface area contributed by atoms with Gasteiger partial charge in [-0.05, 0) is 23.7 Å². The molecule has 82 valence electrons. The van der Waals surface area contributed by atoms with Crippen LogP contribution in [0.2, 0.25) is 5.02 Å². The molecule has 0 aliphatic heterocycles. The van der Waals surface area contributed by atoms with E-state index >= 15 is 0 Å². The molecule has 0 atom stereocenters. The molecular weight excluding hydrogens is 264 g/mol. The van der Waals surface area contributed by atoms with Crippen molar-refractivity contribution in [1.29, 1.82) is 0 Å². The molecule has 0 aliphatic rings. The summed E-state index contributed by atoms with van der Waals surface area (Å²) in [6.45, 7) is 0. The molecule has 1 heterocycles. The van der Waals surface area contributed by atoms with Crippen LogP contribution in [0.4, 0.5) is 0 Å². The minimum atomic E-state index is 0.00537. The van der Waals surface area contributed by atoms with Gasteiger partial charge in [-0.3, -0.25) is 4.79 Å². The van der Waals surface area contributed by atoms with Gasteiger partial charge in [-0.15, -0.1) is 0 Å². The number of ketones is 1. The van der Waals surface area contributed by atoms with Gasteiger partial charge in [0.1, 0.15) is 6.33 Å². The standard InChI is InChI=1S/C10H7ClN2OS2/c11-8-4-2-1-3-7(8)9(14)5-15-10-12-6-13-16-10/h1-4,6H,5H2. The summed E-state index contributed by atoms with van der Waals surface area (Å²) in [6, 6.07) is 7.04. The van der Waals surface area contributed by atoms with Crippen molar-refractivity contribution in [2.45, 2.75) is 4.34 Å². The fourth-order valence-electron chi connectivity index (χ4n) is 1.12. The maximum Gasteiger partial charge on any atom is 0.174 e. The van der Waals surface area contributed by atoms with Crippen molar-refractivity contribution in [3.05, 3.63) is 41.2 Å². The minimum Gasteiger partial charge on any atom is -0.293 e. The van der Waals surface area contributed by atoms with E-state index in [2.05, 4.69) is 9.36 Å². The molecule has 0 N–H and O–H groups in total. The number of hydrogen-bond donors (Lipinski definition) is 0. The highest BCUT2D eigenvalue weighted by Crippen LogP contribution is 2.22. The maximum absolute atomic E-state index is 11.8. The molecule has 16 heavy (non-hydrogen) atoms. The molecule has 3 nitrogen and oxygen atoms in total. The summed E-state index contributed by atoms with van der Waals surface area (Å²) in [6.07, 6.45) is 1.48. The third kappa shape index (κ3) is 2.81. The van der Waals surface area contributed by atoms with Crippen molar-refractivity contribution in [2.75, 3.05) is 5.75 Å². The van der Waals surface area contributed by atoms with Gasteiger partial charge in [-0.1, -0.05) is 35.5 Å². The number of hydrogen-bond acceptors (Lipinski definition) is 5. The van der Waals surface area contributed by atoms with Gasteiger partial charge >= 0.3 is 0 Å². The molecule has 6 heteroatoms. The van der Waals surface area contributed by atoms with E-state index < -0.39 is 0 Å². The zero-order valence-corrected chi connectivity index (χ0v) is 10.5. The number of Topliss-reactive ketones (excluding diaryl/α,β-unsaturated/α-hetero) is 1. The van der Waals surface area contributed by atoms with Crippen LogP contribution < -0.4 is 0 Å². The monoisotopic (exact) mass is 270 g/mol. The second-order valence-electron chi connectivity index (χ2n) is 2.90. The van der Waals surface area contributed by atoms with E-state index in [1.807, 2.05) is 0 Å². The third-order valence-electron chi connectivity index (χ3n) is 1.84. The van der Waals surface area contributed by atoms with E-state index in [1.165, 1.54) is 29.6 Å². The van der Waals surface area contributed by atoms with Crippen LogP contribution in [0.5, 0.6) is 0 Å². The largest absolute Gasteiger partial charge is 0.293 e. The second-order valence-corrected chi connectivity index (χ2v) is 5.31. The molecule has 0 radical (unpaired) electrons.